The first-order valence-electron chi connectivity index (χ1n) is 4.28. The van der Waals surface area contributed by atoms with Gasteiger partial charge in [0.25, 0.3) is 0 Å². The minimum atomic E-state index is 0.774. The summed E-state index contributed by atoms with van der Waals surface area (Å²) in [4.78, 5) is 0. The molecule has 0 aliphatic heterocycles. The van der Waals surface area contributed by atoms with Crippen LogP contribution in [-0.2, 0) is 0 Å². The Labute approximate surface area is 75.2 Å². The Morgan fingerprint density at radius 1 is 1.18 bits per heavy atom. The van der Waals surface area contributed by atoms with Crippen molar-refractivity contribution in [1.82, 2.24) is 0 Å². The second-order valence-electron chi connectivity index (χ2n) is 2.97. The van der Waals surface area contributed by atoms with E-state index in [-0.39, 0.29) is 0 Å². The molecule has 0 aliphatic rings. The Morgan fingerprint density at radius 2 is 1.55 bits per heavy atom. The van der Waals surface area contributed by atoms with Gasteiger partial charge in [-0.25, -0.2) is 0 Å². The van der Waals surface area contributed by atoms with Crippen LogP contribution in [0.5, 0.6) is 0 Å². The molecule has 0 saturated carbocycles. The molecule has 0 aliphatic carbocycles. The summed E-state index contributed by atoms with van der Waals surface area (Å²) in [5, 5.41) is 0.774. The van der Waals surface area contributed by atoms with E-state index in [1.54, 1.807) is 0 Å². The van der Waals surface area contributed by atoms with E-state index in [0.29, 0.717) is 0 Å². The molecule has 0 amide bonds. The van der Waals surface area contributed by atoms with Gasteiger partial charge in [0.2, 0.25) is 0 Å². The maximum atomic E-state index is 5.79. The Balaban J connectivity index is 4.16. The molecule has 11 heavy (non-hydrogen) atoms. The smallest absolute Gasteiger partial charge is 0.114 e. The van der Waals surface area contributed by atoms with Gasteiger partial charge in [0.15, 0.2) is 0 Å². The zero-order chi connectivity index (χ0) is 8.91. The van der Waals surface area contributed by atoms with Gasteiger partial charge in [-0.05, 0) is 20.8 Å². The van der Waals surface area contributed by atoms with Gasteiger partial charge in [-0.15, -0.1) is 0 Å². The lowest BCUT2D eigenvalue weighted by molar-refractivity contribution is -0.918. The first-order chi connectivity index (χ1) is 5.10. The normalized spacial score (nSPS) is 11.6. The summed E-state index contributed by atoms with van der Waals surface area (Å²) in [6.45, 7) is 14.7. The van der Waals surface area contributed by atoms with Crippen molar-refractivity contribution in [2.45, 2.75) is 20.8 Å². The molecule has 2 heteroatoms. The van der Waals surface area contributed by atoms with Crippen LogP contribution in [0, 0.1) is 0 Å². The molecular formula is C9H19ClN+. The number of hydrogen-bond donors (Lipinski definition) is 0. The molecule has 0 aromatic carbocycles. The minimum Gasteiger partial charge on any atom is -0.320 e. The lowest BCUT2D eigenvalue weighted by Crippen LogP contribution is -2.48. The van der Waals surface area contributed by atoms with Crippen LogP contribution >= 0.6 is 11.6 Å². The summed E-state index contributed by atoms with van der Waals surface area (Å²) in [6.07, 6.45) is 0. The SMILES string of the molecule is C=C(Cl)C[N+](CC)(CC)CC. The van der Waals surface area contributed by atoms with Crippen molar-refractivity contribution in [3.05, 3.63) is 11.6 Å². The monoisotopic (exact) mass is 176 g/mol. The van der Waals surface area contributed by atoms with Gasteiger partial charge in [-0.3, -0.25) is 0 Å². The minimum absolute atomic E-state index is 0.774. The number of halogens is 1. The van der Waals surface area contributed by atoms with Crippen LogP contribution < -0.4 is 0 Å². The van der Waals surface area contributed by atoms with Crippen LogP contribution in [0.3, 0.4) is 0 Å². The van der Waals surface area contributed by atoms with E-state index in [1.807, 2.05) is 0 Å². The average Bonchev–Trinajstić information content (AvgIpc) is 2.00. The van der Waals surface area contributed by atoms with Crippen molar-refractivity contribution >= 4 is 11.6 Å². The van der Waals surface area contributed by atoms with Crippen LogP contribution in [0.4, 0.5) is 0 Å². The van der Waals surface area contributed by atoms with Crippen LogP contribution in [0.2, 0.25) is 0 Å². The van der Waals surface area contributed by atoms with Crippen molar-refractivity contribution in [3.63, 3.8) is 0 Å². The molecule has 0 fully saturated rings. The second-order valence-corrected chi connectivity index (χ2v) is 3.50. The molecule has 0 heterocycles. The summed E-state index contributed by atoms with van der Waals surface area (Å²) < 4.78 is 1.06. The highest BCUT2D eigenvalue weighted by molar-refractivity contribution is 6.29. The van der Waals surface area contributed by atoms with E-state index in [1.165, 1.54) is 0 Å². The predicted octanol–water partition coefficient (Wildman–Crippen LogP) is 2.62. The topological polar surface area (TPSA) is 0 Å². The lowest BCUT2D eigenvalue weighted by atomic mass is 10.3. The van der Waals surface area contributed by atoms with Gasteiger partial charge in [0.1, 0.15) is 6.54 Å². The van der Waals surface area contributed by atoms with Crippen molar-refractivity contribution in [1.29, 1.82) is 0 Å². The third-order valence-electron chi connectivity index (χ3n) is 2.52. The van der Waals surface area contributed by atoms with Crippen molar-refractivity contribution in [2.75, 3.05) is 26.2 Å². The molecule has 0 bridgehead atoms. The van der Waals surface area contributed by atoms with E-state index in [0.717, 1.165) is 35.7 Å². The summed E-state index contributed by atoms with van der Waals surface area (Å²) >= 11 is 5.79. The second kappa shape index (κ2) is 4.78. The summed E-state index contributed by atoms with van der Waals surface area (Å²) in [5.74, 6) is 0. The molecule has 0 aromatic rings. The summed E-state index contributed by atoms with van der Waals surface area (Å²) in [5.41, 5.74) is 0. The molecule has 0 rings (SSSR count). The van der Waals surface area contributed by atoms with Crippen LogP contribution in [-0.4, -0.2) is 30.7 Å². The molecule has 66 valence electrons. The molecule has 0 aromatic heterocycles. The first kappa shape index (κ1) is 11.0. The van der Waals surface area contributed by atoms with Crippen LogP contribution in [0.15, 0.2) is 11.6 Å². The average molecular weight is 177 g/mol. The zero-order valence-corrected chi connectivity index (χ0v) is 8.62. The maximum absolute atomic E-state index is 5.79. The van der Waals surface area contributed by atoms with E-state index < -0.39 is 0 Å². The molecule has 0 saturated heterocycles. The Bertz CT molecular complexity index is 119. The fourth-order valence-corrected chi connectivity index (χ4v) is 1.62. The number of rotatable bonds is 5. The number of quaternary nitrogens is 1. The number of nitrogens with zero attached hydrogens (tertiary/aromatic N) is 1. The molecule has 0 radical (unpaired) electrons. The van der Waals surface area contributed by atoms with Crippen LogP contribution in [0.1, 0.15) is 20.8 Å². The largest absolute Gasteiger partial charge is 0.320 e. The standard InChI is InChI=1S/C9H19ClN/c1-5-11(6-2,7-3)8-9(4)10/h4-8H2,1-3H3/q+1. The first-order valence-corrected chi connectivity index (χ1v) is 4.66. The van der Waals surface area contributed by atoms with Gasteiger partial charge in [-0.1, -0.05) is 18.2 Å². The zero-order valence-electron chi connectivity index (χ0n) is 7.86. The van der Waals surface area contributed by atoms with Gasteiger partial charge in [0, 0.05) is 0 Å². The van der Waals surface area contributed by atoms with E-state index in [4.69, 9.17) is 11.6 Å². The van der Waals surface area contributed by atoms with Gasteiger partial charge >= 0.3 is 0 Å². The number of hydrogen-bond acceptors (Lipinski definition) is 0. The van der Waals surface area contributed by atoms with Crippen molar-refractivity contribution in [3.8, 4) is 0 Å². The quantitative estimate of drug-likeness (QED) is 0.565. The molecule has 0 N–H and O–H groups in total. The Morgan fingerprint density at radius 3 is 1.64 bits per heavy atom. The van der Waals surface area contributed by atoms with Gasteiger partial charge in [0.05, 0.1) is 24.7 Å². The van der Waals surface area contributed by atoms with E-state index in [9.17, 15) is 0 Å². The molecular weight excluding hydrogens is 158 g/mol. The fourth-order valence-electron chi connectivity index (χ4n) is 1.37. The van der Waals surface area contributed by atoms with E-state index >= 15 is 0 Å². The third-order valence-corrected chi connectivity index (χ3v) is 2.64. The highest BCUT2D eigenvalue weighted by Crippen LogP contribution is 2.11. The highest BCUT2D eigenvalue weighted by Gasteiger charge is 2.20. The molecule has 0 unspecified atom stereocenters. The Hall–Kier alpha value is -0.0100. The maximum Gasteiger partial charge on any atom is 0.114 e. The predicted molar refractivity (Wildman–Crippen MR) is 51.7 cm³/mol. The third kappa shape index (κ3) is 3.26. The van der Waals surface area contributed by atoms with Crippen molar-refractivity contribution in [2.24, 2.45) is 0 Å². The van der Waals surface area contributed by atoms with Crippen molar-refractivity contribution < 1.29 is 4.48 Å². The summed E-state index contributed by atoms with van der Waals surface area (Å²) in [7, 11) is 0. The van der Waals surface area contributed by atoms with Crippen LogP contribution in [0.25, 0.3) is 0 Å². The van der Waals surface area contributed by atoms with Gasteiger partial charge < -0.3 is 4.48 Å². The lowest BCUT2D eigenvalue weighted by Gasteiger charge is -2.35. The van der Waals surface area contributed by atoms with E-state index in [2.05, 4.69) is 27.4 Å². The molecule has 0 atom stereocenters. The summed E-state index contributed by atoms with van der Waals surface area (Å²) in [6, 6.07) is 0. The van der Waals surface area contributed by atoms with Gasteiger partial charge in [-0.2, -0.15) is 0 Å². The Kier molecular flexibility index (Phi) is 4.78. The number of likely N-dealkylation sites (N-methyl/N-ethyl adjacent to an activating group) is 1. The molecule has 1 nitrogen and oxygen atoms in total. The fraction of sp³-hybridized carbons (Fsp3) is 0.778. The highest BCUT2D eigenvalue weighted by atomic mass is 35.5. The molecule has 0 spiro atoms.